The fourth-order valence-electron chi connectivity index (χ4n) is 7.07. The summed E-state index contributed by atoms with van der Waals surface area (Å²) in [5.74, 6) is -3.18. The second kappa shape index (κ2) is 14.7. The van der Waals surface area contributed by atoms with Gasteiger partial charge in [-0.15, -0.1) is 0 Å². The maximum absolute atomic E-state index is 14.6. The lowest BCUT2D eigenvalue weighted by atomic mass is 9.93. The summed E-state index contributed by atoms with van der Waals surface area (Å²) in [5.41, 5.74) is -1.20. The zero-order valence-electron chi connectivity index (χ0n) is 28.5. The summed E-state index contributed by atoms with van der Waals surface area (Å²) in [7, 11) is 1.48. The van der Waals surface area contributed by atoms with E-state index in [1.54, 1.807) is 32.9 Å². The molecular formula is C35H47FN4O9. The molecule has 0 bridgehead atoms. The van der Waals surface area contributed by atoms with Gasteiger partial charge in [0.15, 0.2) is 0 Å². The number of allylic oxidation sites excluding steroid dienone is 1. The van der Waals surface area contributed by atoms with Crippen molar-refractivity contribution in [3.63, 3.8) is 0 Å². The Morgan fingerprint density at radius 2 is 1.94 bits per heavy atom. The molecule has 4 aliphatic rings. The molecule has 4 amide bonds. The first-order valence-electron chi connectivity index (χ1n) is 17.0. The molecule has 1 aromatic carbocycles. The first-order chi connectivity index (χ1) is 23.2. The zero-order valence-corrected chi connectivity index (χ0v) is 28.5. The molecule has 13 nitrogen and oxygen atoms in total. The van der Waals surface area contributed by atoms with Crippen molar-refractivity contribution in [1.29, 1.82) is 0 Å². The van der Waals surface area contributed by atoms with Crippen LogP contribution >= 0.6 is 0 Å². The Labute approximate surface area is 285 Å². The van der Waals surface area contributed by atoms with Gasteiger partial charge in [0, 0.05) is 26.0 Å². The van der Waals surface area contributed by atoms with Gasteiger partial charge in [-0.25, -0.2) is 18.8 Å². The fraction of sp³-hybridized carbons (Fsp3) is 0.629. The van der Waals surface area contributed by atoms with Crippen LogP contribution in [0.15, 0.2) is 30.4 Å². The van der Waals surface area contributed by atoms with E-state index in [1.807, 2.05) is 12.2 Å². The number of aliphatic carboxylic acids is 1. The third-order valence-corrected chi connectivity index (χ3v) is 9.63. The number of nitrogens with zero attached hydrogens (tertiary/aromatic N) is 2. The van der Waals surface area contributed by atoms with E-state index in [2.05, 4.69) is 10.6 Å². The summed E-state index contributed by atoms with van der Waals surface area (Å²) in [6, 6.07) is 1.86. The molecule has 1 unspecified atom stereocenters. The molecule has 0 aromatic heterocycles. The number of benzene rings is 1. The van der Waals surface area contributed by atoms with Crippen LogP contribution in [0.25, 0.3) is 0 Å². The van der Waals surface area contributed by atoms with Crippen LogP contribution in [0.5, 0.6) is 0 Å². The number of fused-ring (bicyclic) bond motifs is 3. The van der Waals surface area contributed by atoms with E-state index < -0.39 is 71.3 Å². The van der Waals surface area contributed by atoms with Crippen molar-refractivity contribution in [2.45, 2.75) is 108 Å². The lowest BCUT2D eigenvalue weighted by molar-refractivity contribution is -0.145. The number of alkyl carbamates (subject to hydrolysis) is 1. The topological polar surface area (TPSA) is 164 Å². The number of ether oxygens (including phenoxy) is 3. The minimum absolute atomic E-state index is 0.0906. The smallest absolute Gasteiger partial charge is 0.410 e. The van der Waals surface area contributed by atoms with Crippen LogP contribution < -0.4 is 10.6 Å². The van der Waals surface area contributed by atoms with Gasteiger partial charge in [-0.3, -0.25) is 14.5 Å². The molecule has 3 heterocycles. The highest BCUT2D eigenvalue weighted by Crippen LogP contribution is 2.45. The summed E-state index contributed by atoms with van der Waals surface area (Å²) < 4.78 is 31.3. The molecule has 1 saturated carbocycles. The molecule has 49 heavy (non-hydrogen) atoms. The number of rotatable bonds is 5. The lowest BCUT2D eigenvalue weighted by Crippen LogP contribution is -2.56. The number of carboxylic acids is 1. The number of carbonyl (C=O) groups excluding carboxylic acids is 4. The molecule has 1 aromatic rings. The molecule has 3 N–H and O–H groups in total. The van der Waals surface area contributed by atoms with Gasteiger partial charge < -0.3 is 34.9 Å². The zero-order chi connectivity index (χ0) is 35.5. The Hall–Kier alpha value is -4.20. The van der Waals surface area contributed by atoms with Crippen molar-refractivity contribution in [2.24, 2.45) is 5.92 Å². The van der Waals surface area contributed by atoms with Gasteiger partial charge in [0.2, 0.25) is 11.8 Å². The first-order valence-corrected chi connectivity index (χ1v) is 17.0. The van der Waals surface area contributed by atoms with Crippen LogP contribution in [0.2, 0.25) is 0 Å². The van der Waals surface area contributed by atoms with Crippen LogP contribution in [0.4, 0.5) is 14.0 Å². The molecule has 3 aliphatic heterocycles. The second-order valence-electron chi connectivity index (χ2n) is 14.3. The van der Waals surface area contributed by atoms with Crippen molar-refractivity contribution in [2.75, 3.05) is 26.8 Å². The van der Waals surface area contributed by atoms with Crippen molar-refractivity contribution in [3.8, 4) is 0 Å². The summed E-state index contributed by atoms with van der Waals surface area (Å²) in [5, 5.41) is 15.5. The highest BCUT2D eigenvalue weighted by molar-refractivity contribution is 5.96. The molecular weight excluding hydrogens is 639 g/mol. The fourth-order valence-corrected chi connectivity index (χ4v) is 7.07. The molecule has 0 radical (unpaired) electrons. The van der Waals surface area contributed by atoms with Gasteiger partial charge in [-0.1, -0.05) is 37.1 Å². The van der Waals surface area contributed by atoms with Crippen LogP contribution in [0.3, 0.4) is 0 Å². The molecule has 1 saturated heterocycles. The van der Waals surface area contributed by atoms with Gasteiger partial charge in [0.25, 0.3) is 0 Å². The van der Waals surface area contributed by atoms with Crippen LogP contribution in [-0.2, 0) is 35.0 Å². The average Bonchev–Trinajstić information content (AvgIpc) is 3.56. The van der Waals surface area contributed by atoms with E-state index in [4.69, 9.17) is 14.2 Å². The Morgan fingerprint density at radius 3 is 2.65 bits per heavy atom. The molecule has 2 fully saturated rings. The predicted octanol–water partition coefficient (Wildman–Crippen LogP) is 3.85. The maximum atomic E-state index is 14.6. The molecule has 5 rings (SSSR count). The summed E-state index contributed by atoms with van der Waals surface area (Å²) in [4.78, 5) is 69.7. The molecule has 268 valence electrons. The third kappa shape index (κ3) is 8.17. The van der Waals surface area contributed by atoms with E-state index >= 15 is 0 Å². The monoisotopic (exact) mass is 686 g/mol. The van der Waals surface area contributed by atoms with Crippen molar-refractivity contribution in [3.05, 3.63) is 47.3 Å². The van der Waals surface area contributed by atoms with Crippen LogP contribution in [-0.4, -0.2) is 101 Å². The number of hydrogen-bond donors (Lipinski definition) is 3. The summed E-state index contributed by atoms with van der Waals surface area (Å²) in [6.07, 6.45) is 4.85. The SMILES string of the molecule is COCC1c2cccc(F)c2CCN1C(=O)O[C@@H]1C[C@H]2C(=O)N[C@]3(C(=O)O)C[C@H]3/C=C/CCCCC[C@H](NC(=O)OC(C)(C)C)C(=O)N2C1. The second-order valence-corrected chi connectivity index (χ2v) is 14.3. The average molecular weight is 687 g/mol. The lowest BCUT2D eigenvalue weighted by Gasteiger charge is -2.36. The van der Waals surface area contributed by atoms with Crippen LogP contribution in [0.1, 0.15) is 82.9 Å². The Bertz CT molecular complexity index is 1480. The van der Waals surface area contributed by atoms with E-state index in [0.717, 1.165) is 12.8 Å². The van der Waals surface area contributed by atoms with Gasteiger partial charge in [0.05, 0.1) is 19.2 Å². The maximum Gasteiger partial charge on any atom is 0.410 e. The number of halogens is 1. The molecule has 1 aliphatic carbocycles. The van der Waals surface area contributed by atoms with Crippen LogP contribution in [0, 0.1) is 11.7 Å². The quantitative estimate of drug-likeness (QED) is 0.391. The van der Waals surface area contributed by atoms with Crippen molar-refractivity contribution >= 4 is 30.0 Å². The normalized spacial score (nSPS) is 29.6. The van der Waals surface area contributed by atoms with E-state index in [9.17, 15) is 33.5 Å². The predicted molar refractivity (Wildman–Crippen MR) is 174 cm³/mol. The summed E-state index contributed by atoms with van der Waals surface area (Å²) in [6.45, 7) is 5.21. The number of methoxy groups -OCH3 is 1. The Kier molecular flexibility index (Phi) is 10.9. The highest BCUT2D eigenvalue weighted by atomic mass is 19.1. The van der Waals surface area contributed by atoms with Crippen molar-refractivity contribution in [1.82, 2.24) is 20.4 Å². The molecule has 6 atom stereocenters. The number of amides is 4. The highest BCUT2D eigenvalue weighted by Gasteiger charge is 2.61. The standard InChI is InChI=1S/C35H47FN4O9/c1-34(2,3)49-32(45)37-26-14-9-7-5-6-8-11-21-18-35(21,31(43)44)38-29(41)27-17-22(19-40(27)30(26)42)48-33(46)39-16-15-23-24(28(39)20-47-4)12-10-13-25(23)36/h8,10-13,21-22,26-28H,5-7,9,14-20H2,1-4H3,(H,37,45)(H,38,41)(H,43,44)/b11-8+/t21-,22-,26+,27+,28?,35-/m1/s1. The van der Waals surface area contributed by atoms with Gasteiger partial charge >= 0.3 is 18.2 Å². The number of nitrogens with one attached hydrogen (secondary N) is 2. The van der Waals surface area contributed by atoms with Gasteiger partial charge in [0.1, 0.15) is 35.1 Å². The Balaban J connectivity index is 1.40. The van der Waals surface area contributed by atoms with E-state index in [-0.39, 0.29) is 51.2 Å². The Morgan fingerprint density at radius 1 is 1.16 bits per heavy atom. The number of hydrogen-bond acceptors (Lipinski definition) is 8. The van der Waals surface area contributed by atoms with E-state index in [1.165, 1.54) is 23.0 Å². The minimum atomic E-state index is -1.50. The minimum Gasteiger partial charge on any atom is -0.479 e. The number of carboxylic acid groups (broad SMARTS) is 1. The first kappa shape index (κ1) is 36.1. The van der Waals surface area contributed by atoms with Crippen molar-refractivity contribution < 1.29 is 47.7 Å². The van der Waals surface area contributed by atoms with Gasteiger partial charge in [-0.2, -0.15) is 0 Å². The molecule has 14 heteroatoms. The third-order valence-electron chi connectivity index (χ3n) is 9.63. The number of carbonyl (C=O) groups is 5. The van der Waals surface area contributed by atoms with E-state index in [0.29, 0.717) is 24.0 Å². The molecule has 0 spiro atoms. The summed E-state index contributed by atoms with van der Waals surface area (Å²) >= 11 is 0. The largest absolute Gasteiger partial charge is 0.479 e. The van der Waals surface area contributed by atoms with Gasteiger partial charge in [-0.05, 0) is 70.1 Å².